The molecule has 0 amide bonds. The van der Waals surface area contributed by atoms with Gasteiger partial charge in [-0.2, -0.15) is 0 Å². The molecule has 24 heavy (non-hydrogen) atoms. The SMILES string of the molecule is CCc1cccc(CC)c1NC(=S)Nc1ccccc1C(C)CC. The third kappa shape index (κ3) is 4.35. The van der Waals surface area contributed by atoms with Crippen LogP contribution in [0.5, 0.6) is 0 Å². The van der Waals surface area contributed by atoms with Gasteiger partial charge < -0.3 is 10.6 Å². The van der Waals surface area contributed by atoms with Gasteiger partial charge in [0.25, 0.3) is 0 Å². The quantitative estimate of drug-likeness (QED) is 0.618. The van der Waals surface area contributed by atoms with Gasteiger partial charge in [0.05, 0.1) is 0 Å². The summed E-state index contributed by atoms with van der Waals surface area (Å²) in [5, 5.41) is 7.49. The van der Waals surface area contributed by atoms with Crippen LogP contribution in [0.4, 0.5) is 11.4 Å². The van der Waals surface area contributed by atoms with Crippen molar-refractivity contribution >= 4 is 28.7 Å². The first-order valence-electron chi connectivity index (χ1n) is 8.88. The highest BCUT2D eigenvalue weighted by molar-refractivity contribution is 7.80. The van der Waals surface area contributed by atoms with E-state index in [1.54, 1.807) is 0 Å². The van der Waals surface area contributed by atoms with Gasteiger partial charge in [-0.25, -0.2) is 0 Å². The predicted octanol–water partition coefficient (Wildman–Crippen LogP) is 6.13. The summed E-state index contributed by atoms with van der Waals surface area (Å²) in [5.41, 5.74) is 6.16. The molecule has 2 aromatic rings. The van der Waals surface area contributed by atoms with Crippen LogP contribution in [0.1, 0.15) is 56.7 Å². The highest BCUT2D eigenvalue weighted by atomic mass is 32.1. The van der Waals surface area contributed by atoms with Crippen molar-refractivity contribution in [1.29, 1.82) is 0 Å². The van der Waals surface area contributed by atoms with Gasteiger partial charge in [0.2, 0.25) is 0 Å². The van der Waals surface area contributed by atoms with Crippen LogP contribution in [0.3, 0.4) is 0 Å². The maximum absolute atomic E-state index is 5.59. The topological polar surface area (TPSA) is 24.1 Å². The molecule has 2 N–H and O–H groups in total. The largest absolute Gasteiger partial charge is 0.332 e. The second kappa shape index (κ2) is 8.84. The van der Waals surface area contributed by atoms with E-state index in [9.17, 15) is 0 Å². The zero-order valence-corrected chi connectivity index (χ0v) is 16.0. The molecule has 0 saturated carbocycles. The summed E-state index contributed by atoms with van der Waals surface area (Å²) in [6.45, 7) is 8.81. The Bertz CT molecular complexity index is 672. The van der Waals surface area contributed by atoms with Crippen LogP contribution >= 0.6 is 12.2 Å². The summed E-state index contributed by atoms with van der Waals surface area (Å²) in [6.07, 6.45) is 3.09. The van der Waals surface area contributed by atoms with Crippen LogP contribution in [-0.4, -0.2) is 5.11 Å². The Morgan fingerprint density at radius 2 is 1.54 bits per heavy atom. The average molecular weight is 341 g/mol. The molecule has 0 spiro atoms. The minimum Gasteiger partial charge on any atom is -0.332 e. The molecule has 1 atom stereocenters. The molecular formula is C21H28N2S. The third-order valence-corrected chi connectivity index (χ3v) is 4.79. The molecule has 2 aromatic carbocycles. The predicted molar refractivity (Wildman–Crippen MR) is 110 cm³/mol. The van der Waals surface area contributed by atoms with Crippen molar-refractivity contribution in [3.05, 3.63) is 59.2 Å². The van der Waals surface area contributed by atoms with Gasteiger partial charge in [0.1, 0.15) is 0 Å². The highest BCUT2D eigenvalue weighted by Crippen LogP contribution is 2.27. The maximum atomic E-state index is 5.59. The Hall–Kier alpha value is -1.87. The number of para-hydroxylation sites is 2. The van der Waals surface area contributed by atoms with E-state index in [1.165, 1.54) is 16.7 Å². The molecule has 0 aliphatic rings. The zero-order valence-electron chi connectivity index (χ0n) is 15.1. The molecule has 128 valence electrons. The van der Waals surface area contributed by atoms with E-state index in [2.05, 4.69) is 74.7 Å². The van der Waals surface area contributed by atoms with E-state index in [0.717, 1.165) is 30.6 Å². The first-order chi connectivity index (χ1) is 11.6. The van der Waals surface area contributed by atoms with Crippen LogP contribution in [0, 0.1) is 0 Å². The number of rotatable bonds is 6. The Morgan fingerprint density at radius 3 is 2.12 bits per heavy atom. The number of benzene rings is 2. The van der Waals surface area contributed by atoms with E-state index in [-0.39, 0.29) is 0 Å². The summed E-state index contributed by atoms with van der Waals surface area (Å²) in [4.78, 5) is 0. The minimum absolute atomic E-state index is 0.505. The lowest BCUT2D eigenvalue weighted by Gasteiger charge is -2.20. The monoisotopic (exact) mass is 340 g/mol. The smallest absolute Gasteiger partial charge is 0.175 e. The molecule has 0 fully saturated rings. The van der Waals surface area contributed by atoms with Crippen molar-refractivity contribution in [2.45, 2.75) is 52.9 Å². The number of nitrogens with one attached hydrogen (secondary N) is 2. The van der Waals surface area contributed by atoms with Crippen molar-refractivity contribution in [2.24, 2.45) is 0 Å². The highest BCUT2D eigenvalue weighted by Gasteiger charge is 2.11. The summed E-state index contributed by atoms with van der Waals surface area (Å²) in [6, 6.07) is 14.9. The molecule has 0 aromatic heterocycles. The van der Waals surface area contributed by atoms with Crippen LogP contribution in [0.2, 0.25) is 0 Å². The third-order valence-electron chi connectivity index (χ3n) is 4.59. The van der Waals surface area contributed by atoms with E-state index < -0.39 is 0 Å². The van der Waals surface area contributed by atoms with Crippen LogP contribution in [0.25, 0.3) is 0 Å². The molecule has 2 nitrogen and oxygen atoms in total. The summed E-state index contributed by atoms with van der Waals surface area (Å²) >= 11 is 5.59. The van der Waals surface area contributed by atoms with Crippen molar-refractivity contribution < 1.29 is 0 Å². The Labute approximate surface area is 151 Å². The van der Waals surface area contributed by atoms with Crippen LogP contribution in [0.15, 0.2) is 42.5 Å². The Kier molecular flexibility index (Phi) is 6.80. The number of hydrogen-bond donors (Lipinski definition) is 2. The molecule has 1 unspecified atom stereocenters. The van der Waals surface area contributed by atoms with Crippen LogP contribution in [-0.2, 0) is 12.8 Å². The van der Waals surface area contributed by atoms with Gasteiger partial charge in [-0.3, -0.25) is 0 Å². The van der Waals surface area contributed by atoms with E-state index in [0.29, 0.717) is 11.0 Å². The van der Waals surface area contributed by atoms with Crippen molar-refractivity contribution in [2.75, 3.05) is 10.6 Å². The maximum Gasteiger partial charge on any atom is 0.175 e. The summed E-state index contributed by atoms with van der Waals surface area (Å²) in [7, 11) is 0. The van der Waals surface area contributed by atoms with Gasteiger partial charge in [-0.05, 0) is 60.2 Å². The molecule has 0 saturated heterocycles. The summed E-state index contributed by atoms with van der Waals surface area (Å²) in [5.74, 6) is 0.505. The Balaban J connectivity index is 2.21. The molecule has 2 rings (SSSR count). The van der Waals surface area contributed by atoms with Gasteiger partial charge in [-0.1, -0.05) is 64.1 Å². The molecule has 0 bridgehead atoms. The lowest BCUT2D eigenvalue weighted by Crippen LogP contribution is -2.21. The van der Waals surface area contributed by atoms with Crippen LogP contribution < -0.4 is 10.6 Å². The average Bonchev–Trinajstić information content (AvgIpc) is 2.61. The number of aryl methyl sites for hydroxylation is 2. The fraction of sp³-hybridized carbons (Fsp3) is 0.381. The van der Waals surface area contributed by atoms with Crippen molar-refractivity contribution in [3.63, 3.8) is 0 Å². The van der Waals surface area contributed by atoms with E-state index in [1.807, 2.05) is 6.07 Å². The van der Waals surface area contributed by atoms with E-state index >= 15 is 0 Å². The normalized spacial score (nSPS) is 11.8. The molecule has 0 radical (unpaired) electrons. The lowest BCUT2D eigenvalue weighted by atomic mass is 9.97. The number of anilines is 2. The van der Waals surface area contributed by atoms with Gasteiger partial charge in [0, 0.05) is 11.4 Å². The molecular weight excluding hydrogens is 312 g/mol. The zero-order chi connectivity index (χ0) is 17.5. The second-order valence-electron chi connectivity index (χ2n) is 6.13. The van der Waals surface area contributed by atoms with Gasteiger partial charge in [0.15, 0.2) is 5.11 Å². The summed E-state index contributed by atoms with van der Waals surface area (Å²) < 4.78 is 0. The van der Waals surface area contributed by atoms with Gasteiger partial charge in [-0.15, -0.1) is 0 Å². The van der Waals surface area contributed by atoms with Crippen molar-refractivity contribution in [1.82, 2.24) is 0 Å². The second-order valence-corrected chi connectivity index (χ2v) is 6.54. The lowest BCUT2D eigenvalue weighted by molar-refractivity contribution is 0.736. The minimum atomic E-state index is 0.505. The molecule has 0 aliphatic heterocycles. The molecule has 0 aliphatic carbocycles. The van der Waals surface area contributed by atoms with Crippen molar-refractivity contribution in [3.8, 4) is 0 Å². The molecule has 0 heterocycles. The number of hydrogen-bond acceptors (Lipinski definition) is 1. The standard InChI is InChI=1S/C21H28N2S/c1-5-15(4)18-13-8-9-14-19(18)22-21(24)23-20-16(6-2)11-10-12-17(20)7-3/h8-15H,5-7H2,1-4H3,(H2,22,23,24). The fourth-order valence-electron chi connectivity index (χ4n) is 2.93. The Morgan fingerprint density at radius 1 is 0.917 bits per heavy atom. The number of thiocarbonyl (C=S) groups is 1. The van der Waals surface area contributed by atoms with Gasteiger partial charge >= 0.3 is 0 Å². The molecule has 3 heteroatoms. The first kappa shape index (κ1) is 18.5. The first-order valence-corrected chi connectivity index (χ1v) is 9.29. The van der Waals surface area contributed by atoms with E-state index in [4.69, 9.17) is 12.2 Å². The fourth-order valence-corrected chi connectivity index (χ4v) is 3.14.